The summed E-state index contributed by atoms with van der Waals surface area (Å²) in [6, 6.07) is 0. The number of nitrogen functional groups attached to an aromatic ring is 1. The number of nitrogens with zero attached hydrogens (tertiary/aromatic N) is 2. The van der Waals surface area contributed by atoms with Crippen LogP contribution in [0.5, 0.6) is 0 Å². The first-order valence-corrected chi connectivity index (χ1v) is 6.91. The topological polar surface area (TPSA) is 124 Å². The van der Waals surface area contributed by atoms with E-state index >= 15 is 0 Å². The van der Waals surface area contributed by atoms with E-state index in [1.807, 2.05) is 0 Å². The first kappa shape index (κ1) is 17.1. The van der Waals surface area contributed by atoms with Crippen LogP contribution in [-0.4, -0.2) is 39.9 Å². The van der Waals surface area contributed by atoms with Gasteiger partial charge in [-0.2, -0.15) is 0 Å². The first-order chi connectivity index (χ1) is 9.73. The normalized spacial score (nSPS) is 13.8. The molecule has 0 saturated carbocycles. The molecule has 116 valence electrons. The van der Waals surface area contributed by atoms with Crippen LogP contribution in [0.2, 0.25) is 0 Å². The number of oxime groups is 1. The van der Waals surface area contributed by atoms with Gasteiger partial charge in [0.1, 0.15) is 12.0 Å². The van der Waals surface area contributed by atoms with Crippen LogP contribution in [0.15, 0.2) is 10.5 Å². The molecule has 0 spiro atoms. The Bertz CT molecular complexity index is 535. The fourth-order valence-corrected chi connectivity index (χ4v) is 1.84. The number of nitrogens with two attached hydrogens (primary N) is 1. The summed E-state index contributed by atoms with van der Waals surface area (Å²) in [6.45, 7) is 5.32. The summed E-state index contributed by atoms with van der Waals surface area (Å²) < 4.78 is 5.45. The lowest BCUT2D eigenvalue weighted by Gasteiger charge is -2.24. The molecule has 1 aromatic rings. The molecule has 9 heteroatoms. The standard InChI is InChI=1S/C12H17N3O5S/c1-12(2,3)19-8(4-5-16)20-15-9(10(17)18)7-6-21-11(13)14-7/h5-6,8H,4H2,1-3H3,(H2,13,14)(H,17,18). The van der Waals surface area contributed by atoms with Crippen molar-refractivity contribution in [2.24, 2.45) is 5.16 Å². The summed E-state index contributed by atoms with van der Waals surface area (Å²) in [5, 5.41) is 14.3. The van der Waals surface area contributed by atoms with Gasteiger partial charge < -0.3 is 25.2 Å². The summed E-state index contributed by atoms with van der Waals surface area (Å²) >= 11 is 1.08. The second-order valence-corrected chi connectivity index (χ2v) is 5.87. The van der Waals surface area contributed by atoms with E-state index < -0.39 is 23.6 Å². The highest BCUT2D eigenvalue weighted by Gasteiger charge is 2.22. The molecule has 0 amide bonds. The zero-order chi connectivity index (χ0) is 16.0. The maximum atomic E-state index is 11.2. The molecule has 1 heterocycles. The van der Waals surface area contributed by atoms with Gasteiger partial charge in [0.2, 0.25) is 12.0 Å². The fourth-order valence-electron chi connectivity index (χ4n) is 1.29. The Morgan fingerprint density at radius 3 is 2.71 bits per heavy atom. The van der Waals surface area contributed by atoms with Gasteiger partial charge in [0, 0.05) is 5.38 Å². The number of hydrogen-bond donors (Lipinski definition) is 2. The number of thiazole rings is 1. The Kier molecular flexibility index (Phi) is 5.79. The van der Waals surface area contributed by atoms with Crippen LogP contribution in [0.1, 0.15) is 32.9 Å². The van der Waals surface area contributed by atoms with Crippen molar-refractivity contribution in [2.75, 3.05) is 5.73 Å². The molecular weight excluding hydrogens is 298 g/mol. The van der Waals surface area contributed by atoms with Crippen LogP contribution >= 0.6 is 11.3 Å². The van der Waals surface area contributed by atoms with Gasteiger partial charge in [-0.25, -0.2) is 9.78 Å². The fraction of sp³-hybridized carbons (Fsp3) is 0.500. The molecule has 0 fully saturated rings. The van der Waals surface area contributed by atoms with Crippen molar-refractivity contribution in [3.05, 3.63) is 11.1 Å². The molecule has 0 bridgehead atoms. The van der Waals surface area contributed by atoms with E-state index in [0.29, 0.717) is 6.29 Å². The molecule has 0 aliphatic carbocycles. The lowest BCUT2D eigenvalue weighted by atomic mass is 10.2. The molecule has 0 radical (unpaired) electrons. The number of carboxylic acids is 1. The zero-order valence-electron chi connectivity index (χ0n) is 11.9. The predicted molar refractivity (Wildman–Crippen MR) is 77.1 cm³/mol. The van der Waals surface area contributed by atoms with Gasteiger partial charge >= 0.3 is 5.97 Å². The van der Waals surface area contributed by atoms with Crippen LogP contribution in [0.4, 0.5) is 5.13 Å². The van der Waals surface area contributed by atoms with Gasteiger partial charge in [0.05, 0.1) is 12.0 Å². The summed E-state index contributed by atoms with van der Waals surface area (Å²) in [4.78, 5) is 30.6. The number of carbonyl (C=O) groups is 2. The second kappa shape index (κ2) is 7.14. The van der Waals surface area contributed by atoms with Gasteiger partial charge in [-0.15, -0.1) is 11.3 Å². The van der Waals surface area contributed by atoms with Gasteiger partial charge in [-0.1, -0.05) is 5.16 Å². The average molecular weight is 315 g/mol. The van der Waals surface area contributed by atoms with Crippen LogP contribution in [-0.2, 0) is 19.2 Å². The number of carbonyl (C=O) groups excluding carboxylic acids is 1. The SMILES string of the molecule is CC(C)(C)OC(CC=O)ON=C(C(=O)O)c1csc(N)n1. The number of ether oxygens (including phenoxy) is 1. The lowest BCUT2D eigenvalue weighted by molar-refractivity contribution is -0.195. The van der Waals surface area contributed by atoms with Gasteiger partial charge in [-0.3, -0.25) is 0 Å². The van der Waals surface area contributed by atoms with Crippen LogP contribution in [0.3, 0.4) is 0 Å². The molecule has 0 aliphatic heterocycles. The molecule has 8 nitrogen and oxygen atoms in total. The molecule has 0 saturated heterocycles. The molecule has 1 unspecified atom stereocenters. The van der Waals surface area contributed by atoms with Crippen molar-refractivity contribution in [1.29, 1.82) is 0 Å². The molecule has 1 rings (SSSR count). The van der Waals surface area contributed by atoms with Gasteiger partial charge in [0.25, 0.3) is 0 Å². The third-order valence-electron chi connectivity index (χ3n) is 2.00. The van der Waals surface area contributed by atoms with Crippen LogP contribution in [0.25, 0.3) is 0 Å². The van der Waals surface area contributed by atoms with E-state index in [4.69, 9.17) is 20.4 Å². The van der Waals surface area contributed by atoms with Gasteiger partial charge in [0.15, 0.2) is 5.13 Å². The average Bonchev–Trinajstić information content (AvgIpc) is 2.73. The Morgan fingerprint density at radius 2 is 2.29 bits per heavy atom. The molecule has 0 aliphatic rings. The third kappa shape index (κ3) is 5.88. The monoisotopic (exact) mass is 315 g/mol. The summed E-state index contributed by atoms with van der Waals surface area (Å²) in [6.07, 6.45) is -0.451. The van der Waals surface area contributed by atoms with Gasteiger partial charge in [-0.05, 0) is 20.8 Å². The third-order valence-corrected chi connectivity index (χ3v) is 2.68. The van der Waals surface area contributed by atoms with Crippen molar-refractivity contribution in [3.8, 4) is 0 Å². The number of carboxylic acid groups (broad SMARTS) is 1. The van der Waals surface area contributed by atoms with E-state index in [-0.39, 0.29) is 17.2 Å². The van der Waals surface area contributed by atoms with Crippen LogP contribution < -0.4 is 5.73 Å². The second-order valence-electron chi connectivity index (χ2n) is 4.98. The highest BCUT2D eigenvalue weighted by Crippen LogP contribution is 2.16. The molecule has 3 N–H and O–H groups in total. The molecular formula is C12H17N3O5S. The van der Waals surface area contributed by atoms with Crippen molar-refractivity contribution >= 4 is 34.4 Å². The predicted octanol–water partition coefficient (Wildman–Crippen LogP) is 1.26. The van der Waals surface area contributed by atoms with E-state index in [9.17, 15) is 9.59 Å². The highest BCUT2D eigenvalue weighted by atomic mass is 32.1. The van der Waals surface area contributed by atoms with E-state index in [1.54, 1.807) is 20.8 Å². The van der Waals surface area contributed by atoms with E-state index in [2.05, 4.69) is 10.1 Å². The number of aromatic nitrogens is 1. The smallest absolute Gasteiger partial charge is 0.360 e. The molecule has 1 atom stereocenters. The zero-order valence-corrected chi connectivity index (χ0v) is 12.7. The Labute approximate surface area is 125 Å². The maximum Gasteiger partial charge on any atom is 0.360 e. The minimum atomic E-state index is -1.32. The summed E-state index contributed by atoms with van der Waals surface area (Å²) in [7, 11) is 0. The molecule has 0 aromatic carbocycles. The Hall–Kier alpha value is -2.00. The van der Waals surface area contributed by atoms with Crippen LogP contribution in [0, 0.1) is 0 Å². The Balaban J connectivity index is 2.89. The van der Waals surface area contributed by atoms with Crippen molar-refractivity contribution in [3.63, 3.8) is 0 Å². The number of rotatable bonds is 7. The van der Waals surface area contributed by atoms with Crippen molar-refractivity contribution < 1.29 is 24.3 Å². The minimum absolute atomic E-state index is 0.0765. The van der Waals surface area contributed by atoms with Crippen molar-refractivity contribution in [1.82, 2.24) is 4.98 Å². The quantitative estimate of drug-likeness (QED) is 0.336. The number of aliphatic carboxylic acids is 1. The lowest BCUT2D eigenvalue weighted by Crippen LogP contribution is -2.29. The molecule has 1 aromatic heterocycles. The Morgan fingerprint density at radius 1 is 1.62 bits per heavy atom. The first-order valence-electron chi connectivity index (χ1n) is 6.03. The van der Waals surface area contributed by atoms with Crippen molar-refractivity contribution in [2.45, 2.75) is 39.1 Å². The van der Waals surface area contributed by atoms with E-state index in [0.717, 1.165) is 11.3 Å². The molecule has 21 heavy (non-hydrogen) atoms. The summed E-state index contributed by atoms with van der Waals surface area (Å²) in [5.41, 5.74) is 4.56. The number of anilines is 1. The number of aldehydes is 1. The minimum Gasteiger partial charge on any atom is -0.476 e. The largest absolute Gasteiger partial charge is 0.476 e. The summed E-state index contributed by atoms with van der Waals surface area (Å²) in [5.74, 6) is -1.32. The van der Waals surface area contributed by atoms with E-state index in [1.165, 1.54) is 5.38 Å². The highest BCUT2D eigenvalue weighted by molar-refractivity contribution is 7.13. The number of hydrogen-bond acceptors (Lipinski definition) is 8. The maximum absolute atomic E-state index is 11.2.